The van der Waals surface area contributed by atoms with Crippen molar-refractivity contribution in [2.75, 3.05) is 5.32 Å². The lowest BCUT2D eigenvalue weighted by Crippen LogP contribution is -2.35. The molecule has 1 fully saturated rings. The molecule has 112 valence electrons. The van der Waals surface area contributed by atoms with Crippen LogP contribution in [0.25, 0.3) is 10.9 Å². The number of anilines is 1. The fourth-order valence-electron chi connectivity index (χ4n) is 3.68. The molecular weight excluding hydrogens is 256 g/mol. The van der Waals surface area contributed by atoms with Crippen molar-refractivity contribution in [2.24, 2.45) is 11.8 Å². The number of hydrogen-bond acceptors (Lipinski definition) is 2. The lowest BCUT2D eigenvalue weighted by Gasteiger charge is -2.35. The van der Waals surface area contributed by atoms with Crippen LogP contribution >= 0.6 is 0 Å². The Morgan fingerprint density at radius 3 is 2.71 bits per heavy atom. The van der Waals surface area contributed by atoms with Crippen LogP contribution in [0.1, 0.15) is 45.1 Å². The topological polar surface area (TPSA) is 24.9 Å². The molecule has 1 heterocycles. The van der Waals surface area contributed by atoms with Crippen molar-refractivity contribution >= 4 is 16.7 Å². The van der Waals surface area contributed by atoms with E-state index in [9.17, 15) is 0 Å². The summed E-state index contributed by atoms with van der Waals surface area (Å²) >= 11 is 0. The number of rotatable bonds is 3. The second-order valence-electron chi connectivity index (χ2n) is 6.79. The van der Waals surface area contributed by atoms with Crippen LogP contribution in [-0.4, -0.2) is 11.0 Å². The molecule has 2 nitrogen and oxygen atoms in total. The minimum Gasteiger partial charge on any atom is -0.367 e. The summed E-state index contributed by atoms with van der Waals surface area (Å²) in [4.78, 5) is 4.85. The first-order valence-electron chi connectivity index (χ1n) is 8.28. The normalized spacial score (nSPS) is 22.7. The van der Waals surface area contributed by atoms with E-state index in [2.05, 4.69) is 56.4 Å². The van der Waals surface area contributed by atoms with Crippen molar-refractivity contribution in [1.82, 2.24) is 4.98 Å². The maximum atomic E-state index is 4.85. The largest absolute Gasteiger partial charge is 0.367 e. The molecule has 1 aliphatic rings. The van der Waals surface area contributed by atoms with Crippen LogP contribution in [-0.2, 0) is 0 Å². The van der Waals surface area contributed by atoms with E-state index in [4.69, 9.17) is 4.98 Å². The molecule has 3 rings (SSSR count). The average Bonchev–Trinajstić information content (AvgIpc) is 2.48. The maximum absolute atomic E-state index is 4.85. The van der Waals surface area contributed by atoms with Gasteiger partial charge in [0, 0.05) is 11.4 Å². The van der Waals surface area contributed by atoms with Crippen LogP contribution < -0.4 is 5.32 Å². The third-order valence-electron chi connectivity index (χ3n) is 4.91. The second-order valence-corrected chi connectivity index (χ2v) is 6.79. The summed E-state index contributed by atoms with van der Waals surface area (Å²) in [6, 6.07) is 11.2. The third-order valence-corrected chi connectivity index (χ3v) is 4.91. The van der Waals surface area contributed by atoms with Gasteiger partial charge in [-0.05, 0) is 49.3 Å². The van der Waals surface area contributed by atoms with Crippen LogP contribution in [0.2, 0.25) is 0 Å². The summed E-state index contributed by atoms with van der Waals surface area (Å²) in [5, 5.41) is 4.99. The van der Waals surface area contributed by atoms with Crippen LogP contribution in [0, 0.1) is 18.8 Å². The Balaban J connectivity index is 1.88. The van der Waals surface area contributed by atoms with Gasteiger partial charge in [-0.2, -0.15) is 0 Å². The Morgan fingerprint density at radius 2 is 1.90 bits per heavy atom. The lowest BCUT2D eigenvalue weighted by molar-refractivity contribution is 0.253. The SMILES string of the molecule is Cc1cc2ccccc2nc1NC1CCCCC1C(C)C. The standard InChI is InChI=1S/C19H26N2/c1-13(2)16-9-5-7-11-18(16)21-19-14(3)12-15-8-4-6-10-17(15)20-19/h4,6,8,10,12-13,16,18H,5,7,9,11H2,1-3H3,(H,20,21). The maximum Gasteiger partial charge on any atom is 0.129 e. The summed E-state index contributed by atoms with van der Waals surface area (Å²) in [5.41, 5.74) is 2.34. The van der Waals surface area contributed by atoms with E-state index >= 15 is 0 Å². The smallest absolute Gasteiger partial charge is 0.129 e. The van der Waals surface area contributed by atoms with Gasteiger partial charge in [-0.1, -0.05) is 44.9 Å². The van der Waals surface area contributed by atoms with Gasteiger partial charge in [0.05, 0.1) is 5.52 Å². The number of nitrogens with one attached hydrogen (secondary N) is 1. The lowest BCUT2D eigenvalue weighted by atomic mass is 9.78. The van der Waals surface area contributed by atoms with Gasteiger partial charge >= 0.3 is 0 Å². The van der Waals surface area contributed by atoms with Crippen molar-refractivity contribution in [2.45, 2.75) is 52.5 Å². The molecule has 2 aromatic rings. The van der Waals surface area contributed by atoms with Gasteiger partial charge < -0.3 is 5.32 Å². The van der Waals surface area contributed by atoms with Crippen LogP contribution in [0.3, 0.4) is 0 Å². The summed E-state index contributed by atoms with van der Waals surface area (Å²) < 4.78 is 0. The minimum absolute atomic E-state index is 0.575. The monoisotopic (exact) mass is 282 g/mol. The van der Waals surface area contributed by atoms with Crippen LogP contribution in [0.4, 0.5) is 5.82 Å². The first kappa shape index (κ1) is 14.4. The predicted octanol–water partition coefficient (Wildman–Crippen LogP) is 5.17. The van der Waals surface area contributed by atoms with E-state index in [0.717, 1.165) is 23.2 Å². The quantitative estimate of drug-likeness (QED) is 0.840. The summed E-state index contributed by atoms with van der Waals surface area (Å²) in [5.74, 6) is 2.58. The fourth-order valence-corrected chi connectivity index (χ4v) is 3.68. The molecule has 0 radical (unpaired) electrons. The zero-order valence-corrected chi connectivity index (χ0v) is 13.4. The van der Waals surface area contributed by atoms with E-state index in [1.165, 1.54) is 36.6 Å². The Labute approximate surface area is 128 Å². The van der Waals surface area contributed by atoms with Crippen LogP contribution in [0.5, 0.6) is 0 Å². The van der Waals surface area contributed by atoms with E-state index in [1.807, 2.05) is 0 Å². The van der Waals surface area contributed by atoms with Gasteiger partial charge in [-0.3, -0.25) is 0 Å². The summed E-state index contributed by atoms with van der Waals surface area (Å²) in [6.07, 6.45) is 5.34. The van der Waals surface area contributed by atoms with Crippen molar-refractivity contribution in [3.63, 3.8) is 0 Å². The van der Waals surface area contributed by atoms with Gasteiger partial charge in [0.25, 0.3) is 0 Å². The van der Waals surface area contributed by atoms with Gasteiger partial charge in [0.2, 0.25) is 0 Å². The predicted molar refractivity (Wildman–Crippen MR) is 90.7 cm³/mol. The molecule has 1 aliphatic carbocycles. The number of para-hydroxylation sites is 1. The highest BCUT2D eigenvalue weighted by atomic mass is 15.0. The Bertz CT molecular complexity index is 618. The molecule has 0 aliphatic heterocycles. The molecule has 2 heteroatoms. The zero-order valence-electron chi connectivity index (χ0n) is 13.4. The molecule has 0 saturated heterocycles. The third kappa shape index (κ3) is 3.04. The number of hydrogen-bond donors (Lipinski definition) is 1. The molecule has 2 atom stereocenters. The number of pyridine rings is 1. The van der Waals surface area contributed by atoms with E-state index in [-0.39, 0.29) is 0 Å². The number of aryl methyl sites for hydroxylation is 1. The van der Waals surface area contributed by atoms with Gasteiger partial charge in [-0.25, -0.2) is 4.98 Å². The molecule has 2 unspecified atom stereocenters. The Morgan fingerprint density at radius 1 is 1.14 bits per heavy atom. The summed E-state index contributed by atoms with van der Waals surface area (Å²) in [6.45, 7) is 6.87. The minimum atomic E-state index is 0.575. The zero-order chi connectivity index (χ0) is 14.8. The van der Waals surface area contributed by atoms with E-state index in [0.29, 0.717) is 6.04 Å². The van der Waals surface area contributed by atoms with Crippen molar-refractivity contribution in [3.05, 3.63) is 35.9 Å². The van der Waals surface area contributed by atoms with Gasteiger partial charge in [-0.15, -0.1) is 0 Å². The molecule has 1 aromatic heterocycles. The van der Waals surface area contributed by atoms with Gasteiger partial charge in [0.1, 0.15) is 5.82 Å². The van der Waals surface area contributed by atoms with Crippen molar-refractivity contribution in [1.29, 1.82) is 0 Å². The van der Waals surface area contributed by atoms with E-state index in [1.54, 1.807) is 0 Å². The fraction of sp³-hybridized carbons (Fsp3) is 0.526. The molecule has 1 saturated carbocycles. The van der Waals surface area contributed by atoms with Crippen LogP contribution in [0.15, 0.2) is 30.3 Å². The molecule has 1 aromatic carbocycles. The molecule has 0 amide bonds. The highest BCUT2D eigenvalue weighted by Gasteiger charge is 2.27. The number of benzene rings is 1. The molecule has 0 bridgehead atoms. The average molecular weight is 282 g/mol. The molecule has 21 heavy (non-hydrogen) atoms. The van der Waals surface area contributed by atoms with Gasteiger partial charge in [0.15, 0.2) is 0 Å². The first-order chi connectivity index (χ1) is 10.1. The highest BCUT2D eigenvalue weighted by molar-refractivity contribution is 5.81. The number of fused-ring (bicyclic) bond motifs is 1. The second kappa shape index (κ2) is 6.05. The Kier molecular flexibility index (Phi) is 4.14. The molecule has 1 N–H and O–H groups in total. The van der Waals surface area contributed by atoms with Crippen molar-refractivity contribution in [3.8, 4) is 0 Å². The molecule has 0 spiro atoms. The van der Waals surface area contributed by atoms with E-state index < -0.39 is 0 Å². The number of aromatic nitrogens is 1. The summed E-state index contributed by atoms with van der Waals surface area (Å²) in [7, 11) is 0. The van der Waals surface area contributed by atoms with Crippen molar-refractivity contribution < 1.29 is 0 Å². The Hall–Kier alpha value is -1.57. The molecular formula is C19H26N2. The first-order valence-corrected chi connectivity index (χ1v) is 8.28. The number of nitrogens with zero attached hydrogens (tertiary/aromatic N) is 1. The highest BCUT2D eigenvalue weighted by Crippen LogP contribution is 2.33.